The third kappa shape index (κ3) is 4.77. The topological polar surface area (TPSA) is 85.1 Å². The molecule has 2 aromatic rings. The Kier molecular flexibility index (Phi) is 6.27. The summed E-state index contributed by atoms with van der Waals surface area (Å²) in [4.78, 5) is 23.3. The van der Waals surface area contributed by atoms with Gasteiger partial charge >= 0.3 is 0 Å². The van der Waals surface area contributed by atoms with E-state index in [-0.39, 0.29) is 5.78 Å². The molecular weight excluding hydrogens is 302 g/mol. The van der Waals surface area contributed by atoms with Crippen molar-refractivity contribution in [2.45, 2.75) is 38.5 Å². The van der Waals surface area contributed by atoms with Gasteiger partial charge in [0, 0.05) is 19.9 Å². The summed E-state index contributed by atoms with van der Waals surface area (Å²) < 4.78 is 5.60. The SMILES string of the molecule is CNC(=O)C(=O)CCCCCCc1nnc(-c2cccs2)o1. The van der Waals surface area contributed by atoms with Gasteiger partial charge in [-0.05, 0) is 24.3 Å². The Bertz CT molecular complexity index is 607. The van der Waals surface area contributed by atoms with E-state index in [1.54, 1.807) is 11.3 Å². The molecule has 0 saturated carbocycles. The normalized spacial score (nSPS) is 10.6. The van der Waals surface area contributed by atoms with Crippen molar-refractivity contribution in [2.24, 2.45) is 0 Å². The molecule has 0 bridgehead atoms. The van der Waals surface area contributed by atoms with E-state index >= 15 is 0 Å². The van der Waals surface area contributed by atoms with Crippen LogP contribution in [0.15, 0.2) is 21.9 Å². The van der Waals surface area contributed by atoms with E-state index in [0.717, 1.165) is 37.0 Å². The zero-order chi connectivity index (χ0) is 15.8. The number of hydrogen-bond acceptors (Lipinski definition) is 6. The van der Waals surface area contributed by atoms with E-state index in [4.69, 9.17) is 4.42 Å². The molecule has 22 heavy (non-hydrogen) atoms. The lowest BCUT2D eigenvalue weighted by Gasteiger charge is -2.00. The van der Waals surface area contributed by atoms with Crippen LogP contribution in [0.25, 0.3) is 10.8 Å². The van der Waals surface area contributed by atoms with Gasteiger partial charge in [-0.3, -0.25) is 9.59 Å². The van der Waals surface area contributed by atoms with Crippen molar-refractivity contribution in [1.82, 2.24) is 15.5 Å². The fourth-order valence-corrected chi connectivity index (χ4v) is 2.67. The third-order valence-corrected chi connectivity index (χ3v) is 4.08. The number of unbranched alkanes of at least 4 members (excludes halogenated alkanes) is 3. The highest BCUT2D eigenvalue weighted by Gasteiger charge is 2.11. The van der Waals surface area contributed by atoms with Crippen LogP contribution in [-0.2, 0) is 16.0 Å². The maximum Gasteiger partial charge on any atom is 0.287 e. The van der Waals surface area contributed by atoms with Gasteiger partial charge in [0.15, 0.2) is 0 Å². The molecule has 1 N–H and O–H groups in total. The number of nitrogens with zero attached hydrogens (tertiary/aromatic N) is 2. The van der Waals surface area contributed by atoms with Gasteiger partial charge in [-0.1, -0.05) is 18.9 Å². The Labute approximate surface area is 132 Å². The van der Waals surface area contributed by atoms with Crippen LogP contribution in [0.1, 0.15) is 38.0 Å². The van der Waals surface area contributed by atoms with Gasteiger partial charge in [0.25, 0.3) is 11.8 Å². The average Bonchev–Trinajstić information content (AvgIpc) is 3.20. The Balaban J connectivity index is 1.61. The lowest BCUT2D eigenvalue weighted by molar-refractivity contribution is -0.137. The highest BCUT2D eigenvalue weighted by atomic mass is 32.1. The van der Waals surface area contributed by atoms with Crippen molar-refractivity contribution in [2.75, 3.05) is 7.05 Å². The number of aryl methyl sites for hydroxylation is 1. The molecule has 0 atom stereocenters. The Hall–Kier alpha value is -2.02. The van der Waals surface area contributed by atoms with Crippen LogP contribution < -0.4 is 5.32 Å². The van der Waals surface area contributed by atoms with Crippen molar-refractivity contribution >= 4 is 23.0 Å². The number of carbonyl (C=O) groups is 2. The molecular formula is C15H19N3O3S. The number of rotatable bonds is 9. The largest absolute Gasteiger partial charge is 0.420 e. The van der Waals surface area contributed by atoms with Crippen molar-refractivity contribution < 1.29 is 14.0 Å². The maximum absolute atomic E-state index is 11.3. The minimum atomic E-state index is -0.507. The molecule has 0 aliphatic rings. The molecule has 0 radical (unpaired) electrons. The summed E-state index contributed by atoms with van der Waals surface area (Å²) in [6.45, 7) is 0. The van der Waals surface area contributed by atoms with Gasteiger partial charge in [0.1, 0.15) is 0 Å². The van der Waals surface area contributed by atoms with Crippen molar-refractivity contribution in [3.05, 3.63) is 23.4 Å². The number of Topliss-reactive ketones (excluding diaryl/α,β-unsaturated/α-hetero) is 1. The van der Waals surface area contributed by atoms with Crippen LogP contribution in [0.4, 0.5) is 0 Å². The van der Waals surface area contributed by atoms with Crippen molar-refractivity contribution in [3.8, 4) is 10.8 Å². The zero-order valence-electron chi connectivity index (χ0n) is 12.5. The highest BCUT2D eigenvalue weighted by Crippen LogP contribution is 2.23. The Morgan fingerprint density at radius 2 is 2.05 bits per heavy atom. The van der Waals surface area contributed by atoms with Gasteiger partial charge in [0.05, 0.1) is 4.88 Å². The molecule has 0 fully saturated rings. The standard InChI is InChI=1S/C15H19N3O3S/c1-16-14(20)11(19)7-4-2-3-5-9-13-17-18-15(21-13)12-8-6-10-22-12/h6,8,10H,2-5,7,9H2,1H3,(H,16,20). The number of nitrogens with one attached hydrogen (secondary N) is 1. The molecule has 7 heteroatoms. The van der Waals surface area contributed by atoms with E-state index in [9.17, 15) is 9.59 Å². The van der Waals surface area contributed by atoms with Gasteiger partial charge < -0.3 is 9.73 Å². The second kappa shape index (κ2) is 8.43. The minimum absolute atomic E-state index is 0.308. The number of carbonyl (C=O) groups excluding carboxylic acids is 2. The third-order valence-electron chi connectivity index (χ3n) is 3.22. The zero-order valence-corrected chi connectivity index (χ0v) is 13.3. The van der Waals surface area contributed by atoms with Gasteiger partial charge in [-0.15, -0.1) is 21.5 Å². The Morgan fingerprint density at radius 1 is 1.23 bits per heavy atom. The smallest absolute Gasteiger partial charge is 0.287 e. The predicted octanol–water partition coefficient (Wildman–Crippen LogP) is 2.61. The van der Waals surface area contributed by atoms with E-state index in [0.29, 0.717) is 18.2 Å². The highest BCUT2D eigenvalue weighted by molar-refractivity contribution is 7.13. The minimum Gasteiger partial charge on any atom is -0.420 e. The van der Waals surface area contributed by atoms with E-state index < -0.39 is 5.91 Å². The fraction of sp³-hybridized carbons (Fsp3) is 0.467. The summed E-state index contributed by atoms with van der Waals surface area (Å²) in [7, 11) is 1.47. The van der Waals surface area contributed by atoms with Gasteiger partial charge in [-0.2, -0.15) is 0 Å². The quantitative estimate of drug-likeness (QED) is 0.567. The van der Waals surface area contributed by atoms with Crippen LogP contribution in [-0.4, -0.2) is 28.9 Å². The molecule has 0 unspecified atom stereocenters. The van der Waals surface area contributed by atoms with Gasteiger partial charge in [0.2, 0.25) is 11.7 Å². The molecule has 6 nitrogen and oxygen atoms in total. The summed E-state index contributed by atoms with van der Waals surface area (Å²) in [5.74, 6) is 0.359. The van der Waals surface area contributed by atoms with E-state index in [1.807, 2.05) is 17.5 Å². The lowest BCUT2D eigenvalue weighted by atomic mass is 10.1. The molecule has 2 rings (SSSR count). The van der Waals surface area contributed by atoms with Gasteiger partial charge in [-0.25, -0.2) is 0 Å². The van der Waals surface area contributed by atoms with E-state index in [2.05, 4.69) is 15.5 Å². The molecule has 2 aromatic heterocycles. The van der Waals surface area contributed by atoms with Crippen LogP contribution >= 0.6 is 11.3 Å². The average molecular weight is 321 g/mol. The molecule has 1 amide bonds. The number of thiophene rings is 1. The van der Waals surface area contributed by atoms with Crippen molar-refractivity contribution in [3.63, 3.8) is 0 Å². The fourth-order valence-electron chi connectivity index (χ4n) is 2.02. The molecule has 0 spiro atoms. The lowest BCUT2D eigenvalue weighted by Crippen LogP contribution is -2.27. The van der Waals surface area contributed by atoms with Crippen LogP contribution in [0.5, 0.6) is 0 Å². The summed E-state index contributed by atoms with van der Waals surface area (Å²) in [5.41, 5.74) is 0. The molecule has 0 aliphatic heterocycles. The number of hydrogen-bond donors (Lipinski definition) is 1. The Morgan fingerprint density at radius 3 is 2.77 bits per heavy atom. The molecule has 0 saturated heterocycles. The molecule has 2 heterocycles. The second-order valence-electron chi connectivity index (χ2n) is 4.89. The molecule has 0 aliphatic carbocycles. The van der Waals surface area contributed by atoms with Crippen molar-refractivity contribution in [1.29, 1.82) is 0 Å². The number of aromatic nitrogens is 2. The maximum atomic E-state index is 11.3. The van der Waals surface area contributed by atoms with Crippen LogP contribution in [0, 0.1) is 0 Å². The first-order valence-electron chi connectivity index (χ1n) is 7.32. The first-order chi connectivity index (χ1) is 10.7. The summed E-state index contributed by atoms with van der Waals surface area (Å²) >= 11 is 1.57. The van der Waals surface area contributed by atoms with E-state index in [1.165, 1.54) is 7.05 Å². The number of ketones is 1. The van der Waals surface area contributed by atoms with Crippen LogP contribution in [0.3, 0.4) is 0 Å². The predicted molar refractivity (Wildman–Crippen MR) is 83.5 cm³/mol. The second-order valence-corrected chi connectivity index (χ2v) is 5.84. The monoisotopic (exact) mass is 321 g/mol. The summed E-state index contributed by atoms with van der Waals surface area (Å²) in [5, 5.41) is 12.4. The molecule has 118 valence electrons. The molecule has 0 aromatic carbocycles. The summed E-state index contributed by atoms with van der Waals surface area (Å²) in [6, 6.07) is 3.90. The number of likely N-dealkylation sites (N-methyl/N-ethyl adjacent to an activating group) is 1. The number of amides is 1. The first-order valence-corrected chi connectivity index (χ1v) is 8.20. The first kappa shape index (κ1) is 16.4. The summed E-state index contributed by atoms with van der Waals surface area (Å²) in [6.07, 6.45) is 4.59. The van der Waals surface area contributed by atoms with Crippen LogP contribution in [0.2, 0.25) is 0 Å².